The molecule has 1 rings (SSSR count). The second-order valence-electron chi connectivity index (χ2n) is 2.99. The zero-order valence-corrected chi connectivity index (χ0v) is 9.87. The van der Waals surface area contributed by atoms with E-state index in [9.17, 15) is 4.79 Å². The Balaban J connectivity index is 2.38. The van der Waals surface area contributed by atoms with Gasteiger partial charge in [0.05, 0.1) is 6.54 Å². The van der Waals surface area contributed by atoms with Crippen molar-refractivity contribution < 1.29 is 14.6 Å². The van der Waals surface area contributed by atoms with Gasteiger partial charge < -0.3 is 15.2 Å². The fraction of sp³-hybridized carbons (Fsp3) is 0.300. The Hall–Kier alpha value is -1.23. The summed E-state index contributed by atoms with van der Waals surface area (Å²) < 4.78 is 6.37. The molecular weight excluding hydrogens is 262 g/mol. The monoisotopic (exact) mass is 273 g/mol. The predicted octanol–water partition coefficient (Wildman–Crippen LogP) is 2.40. The minimum Gasteiger partial charge on any atom is -0.492 e. The SMILES string of the molecule is Cc1cc(OCCNC(=O)O)ccc1Br. The van der Waals surface area contributed by atoms with Gasteiger partial charge in [-0.2, -0.15) is 0 Å². The van der Waals surface area contributed by atoms with Crippen LogP contribution >= 0.6 is 15.9 Å². The first-order chi connectivity index (χ1) is 7.09. The molecule has 5 heteroatoms. The molecule has 1 amide bonds. The number of aryl methyl sites for hydroxylation is 1. The van der Waals surface area contributed by atoms with Gasteiger partial charge >= 0.3 is 6.09 Å². The molecule has 0 saturated carbocycles. The van der Waals surface area contributed by atoms with Crippen LogP contribution in [0.2, 0.25) is 0 Å². The molecule has 0 unspecified atom stereocenters. The highest BCUT2D eigenvalue weighted by molar-refractivity contribution is 9.10. The van der Waals surface area contributed by atoms with Crippen LogP contribution in [0.4, 0.5) is 4.79 Å². The number of carboxylic acid groups (broad SMARTS) is 1. The molecule has 0 atom stereocenters. The number of hydrogen-bond donors (Lipinski definition) is 2. The molecule has 0 aromatic heterocycles. The summed E-state index contributed by atoms with van der Waals surface area (Å²) >= 11 is 3.38. The Morgan fingerprint density at radius 2 is 2.33 bits per heavy atom. The summed E-state index contributed by atoms with van der Waals surface area (Å²) in [5.41, 5.74) is 1.08. The molecule has 0 aliphatic rings. The first-order valence-electron chi connectivity index (χ1n) is 4.45. The van der Waals surface area contributed by atoms with Crippen molar-refractivity contribution in [2.75, 3.05) is 13.2 Å². The maximum atomic E-state index is 10.1. The van der Waals surface area contributed by atoms with Gasteiger partial charge in [0, 0.05) is 4.47 Å². The summed E-state index contributed by atoms with van der Waals surface area (Å²) in [7, 11) is 0. The van der Waals surface area contributed by atoms with Crippen LogP contribution in [0.1, 0.15) is 5.56 Å². The average molecular weight is 274 g/mol. The summed E-state index contributed by atoms with van der Waals surface area (Å²) in [6.45, 7) is 2.57. The molecule has 15 heavy (non-hydrogen) atoms. The number of carbonyl (C=O) groups is 1. The molecule has 0 radical (unpaired) electrons. The van der Waals surface area contributed by atoms with Gasteiger partial charge in [-0.05, 0) is 30.7 Å². The number of rotatable bonds is 4. The lowest BCUT2D eigenvalue weighted by Gasteiger charge is -2.07. The van der Waals surface area contributed by atoms with Crippen molar-refractivity contribution in [2.24, 2.45) is 0 Å². The van der Waals surface area contributed by atoms with E-state index in [1.165, 1.54) is 0 Å². The number of ether oxygens (including phenoxy) is 1. The van der Waals surface area contributed by atoms with Gasteiger partial charge in [-0.25, -0.2) is 4.79 Å². The van der Waals surface area contributed by atoms with Gasteiger partial charge in [0.1, 0.15) is 12.4 Å². The maximum Gasteiger partial charge on any atom is 0.404 e. The van der Waals surface area contributed by atoms with Crippen LogP contribution in [0.5, 0.6) is 5.75 Å². The quantitative estimate of drug-likeness (QED) is 0.829. The summed E-state index contributed by atoms with van der Waals surface area (Å²) in [5.74, 6) is 0.739. The van der Waals surface area contributed by atoms with Gasteiger partial charge in [0.25, 0.3) is 0 Å². The number of halogens is 1. The Kier molecular flexibility index (Phi) is 4.42. The summed E-state index contributed by atoms with van der Waals surface area (Å²) in [6.07, 6.45) is -1.04. The van der Waals surface area contributed by atoms with Crippen molar-refractivity contribution in [2.45, 2.75) is 6.92 Å². The Morgan fingerprint density at radius 1 is 1.60 bits per heavy atom. The van der Waals surface area contributed by atoms with E-state index in [1.54, 1.807) is 0 Å². The average Bonchev–Trinajstić information content (AvgIpc) is 2.18. The molecule has 1 aromatic carbocycles. The molecule has 1 aromatic rings. The summed E-state index contributed by atoms with van der Waals surface area (Å²) in [4.78, 5) is 10.1. The maximum absolute atomic E-state index is 10.1. The number of hydrogen-bond acceptors (Lipinski definition) is 2. The van der Waals surface area contributed by atoms with Gasteiger partial charge in [-0.3, -0.25) is 0 Å². The van der Waals surface area contributed by atoms with E-state index in [0.29, 0.717) is 6.61 Å². The van der Waals surface area contributed by atoms with Crippen molar-refractivity contribution in [1.82, 2.24) is 5.32 Å². The minimum atomic E-state index is -1.04. The molecule has 0 bridgehead atoms. The third kappa shape index (κ3) is 4.20. The standard InChI is InChI=1S/C10H12BrNO3/c1-7-6-8(2-3-9(7)11)15-5-4-12-10(13)14/h2-3,6,12H,4-5H2,1H3,(H,13,14). The highest BCUT2D eigenvalue weighted by Gasteiger charge is 1.98. The van der Waals surface area contributed by atoms with Gasteiger partial charge in [-0.15, -0.1) is 0 Å². The molecule has 0 aliphatic carbocycles. The van der Waals surface area contributed by atoms with E-state index in [1.807, 2.05) is 25.1 Å². The first-order valence-corrected chi connectivity index (χ1v) is 5.24. The zero-order valence-electron chi connectivity index (χ0n) is 8.29. The zero-order chi connectivity index (χ0) is 11.3. The predicted molar refractivity (Wildman–Crippen MR) is 60.4 cm³/mol. The Morgan fingerprint density at radius 3 is 2.93 bits per heavy atom. The van der Waals surface area contributed by atoms with Crippen molar-refractivity contribution in [3.63, 3.8) is 0 Å². The minimum absolute atomic E-state index is 0.282. The number of nitrogens with one attached hydrogen (secondary N) is 1. The van der Waals surface area contributed by atoms with Crippen LogP contribution in [0, 0.1) is 6.92 Å². The van der Waals surface area contributed by atoms with Crippen LogP contribution < -0.4 is 10.1 Å². The lowest BCUT2D eigenvalue weighted by Crippen LogP contribution is -2.26. The van der Waals surface area contributed by atoms with E-state index in [-0.39, 0.29) is 6.54 Å². The largest absolute Gasteiger partial charge is 0.492 e. The third-order valence-electron chi connectivity index (χ3n) is 1.78. The van der Waals surface area contributed by atoms with Gasteiger partial charge in [-0.1, -0.05) is 15.9 Å². The third-order valence-corrected chi connectivity index (χ3v) is 2.67. The molecule has 0 spiro atoms. The number of benzene rings is 1. The Labute approximate surface area is 96.4 Å². The van der Waals surface area contributed by atoms with E-state index < -0.39 is 6.09 Å². The van der Waals surface area contributed by atoms with Crippen LogP contribution in [-0.4, -0.2) is 24.4 Å². The highest BCUT2D eigenvalue weighted by Crippen LogP contribution is 2.21. The fourth-order valence-electron chi connectivity index (χ4n) is 1.03. The van der Waals surface area contributed by atoms with Gasteiger partial charge in [0.2, 0.25) is 0 Å². The molecule has 82 valence electrons. The molecule has 0 aliphatic heterocycles. The molecule has 4 nitrogen and oxygen atoms in total. The van der Waals surface area contributed by atoms with E-state index >= 15 is 0 Å². The van der Waals surface area contributed by atoms with Crippen molar-refractivity contribution in [1.29, 1.82) is 0 Å². The van der Waals surface area contributed by atoms with Crippen LogP contribution in [0.25, 0.3) is 0 Å². The Bertz CT molecular complexity index is 355. The second kappa shape index (κ2) is 5.60. The number of amides is 1. The van der Waals surface area contributed by atoms with E-state index in [0.717, 1.165) is 15.8 Å². The van der Waals surface area contributed by atoms with Crippen molar-refractivity contribution in [3.05, 3.63) is 28.2 Å². The smallest absolute Gasteiger partial charge is 0.404 e. The van der Waals surface area contributed by atoms with Crippen LogP contribution in [0.15, 0.2) is 22.7 Å². The summed E-state index contributed by atoms with van der Waals surface area (Å²) in [6, 6.07) is 5.62. The highest BCUT2D eigenvalue weighted by atomic mass is 79.9. The van der Waals surface area contributed by atoms with Gasteiger partial charge in [0.15, 0.2) is 0 Å². The van der Waals surface area contributed by atoms with Crippen LogP contribution in [-0.2, 0) is 0 Å². The van der Waals surface area contributed by atoms with E-state index in [2.05, 4.69) is 21.2 Å². The lowest BCUT2D eigenvalue weighted by molar-refractivity contribution is 0.191. The lowest BCUT2D eigenvalue weighted by atomic mass is 10.2. The topological polar surface area (TPSA) is 58.6 Å². The molecular formula is C10H12BrNO3. The first kappa shape index (κ1) is 11.8. The van der Waals surface area contributed by atoms with E-state index in [4.69, 9.17) is 9.84 Å². The van der Waals surface area contributed by atoms with Crippen molar-refractivity contribution >= 4 is 22.0 Å². The molecule has 0 heterocycles. The normalized spacial score (nSPS) is 9.73. The molecule has 0 saturated heterocycles. The fourth-order valence-corrected chi connectivity index (χ4v) is 1.28. The second-order valence-corrected chi connectivity index (χ2v) is 3.85. The molecule has 2 N–H and O–H groups in total. The van der Waals surface area contributed by atoms with Crippen molar-refractivity contribution in [3.8, 4) is 5.75 Å². The summed E-state index contributed by atoms with van der Waals surface area (Å²) in [5, 5.41) is 10.5. The molecule has 0 fully saturated rings. The van der Waals surface area contributed by atoms with Crippen LogP contribution in [0.3, 0.4) is 0 Å².